The number of esters is 1. The number of carbonyl (C=O) groups excluding carboxylic acids is 1. The van der Waals surface area contributed by atoms with Crippen LogP contribution in [0.1, 0.15) is 72.2 Å². The summed E-state index contributed by atoms with van der Waals surface area (Å²) < 4.78 is 13.6. The van der Waals surface area contributed by atoms with Gasteiger partial charge in [-0.3, -0.25) is 14.7 Å². The third kappa shape index (κ3) is 5.72. The highest BCUT2D eigenvalue weighted by molar-refractivity contribution is 5.80. The van der Waals surface area contributed by atoms with Crippen molar-refractivity contribution in [2.45, 2.75) is 72.6 Å². The average molecular weight is 542 g/mol. The van der Waals surface area contributed by atoms with Gasteiger partial charge in [-0.15, -0.1) is 5.10 Å². The Hall–Kier alpha value is -3.78. The van der Waals surface area contributed by atoms with E-state index in [1.54, 1.807) is 4.68 Å². The van der Waals surface area contributed by atoms with Crippen LogP contribution in [-0.4, -0.2) is 49.6 Å². The van der Waals surface area contributed by atoms with Crippen molar-refractivity contribution in [2.24, 2.45) is 7.05 Å². The Morgan fingerprint density at radius 1 is 1.15 bits per heavy atom. The van der Waals surface area contributed by atoms with Gasteiger partial charge in [0.2, 0.25) is 0 Å². The summed E-state index contributed by atoms with van der Waals surface area (Å²) in [6, 6.07) is 12.7. The number of hydrogen-bond acceptors (Lipinski definition) is 7. The molecule has 0 aliphatic carbocycles. The molecular weight excluding hydrogens is 502 g/mol. The van der Waals surface area contributed by atoms with Crippen LogP contribution in [0.2, 0.25) is 0 Å². The number of hydrogen-bond donors (Lipinski definition) is 0. The SMILES string of the molecule is CCOC(=O)CC(c1ccc(C)c(CN2Cc3cnc(C)cc3OC(C)(C)C2)c1)c1ccc2c(nnn2C)c1C. The van der Waals surface area contributed by atoms with Crippen molar-refractivity contribution >= 4 is 17.0 Å². The molecule has 5 rings (SSSR count). The number of ether oxygens (including phenoxy) is 2. The van der Waals surface area contributed by atoms with E-state index in [4.69, 9.17) is 9.47 Å². The number of carbonyl (C=O) groups is 1. The second-order valence-corrected chi connectivity index (χ2v) is 11.5. The molecular formula is C32H39N5O3. The molecule has 0 amide bonds. The van der Waals surface area contributed by atoms with E-state index in [1.165, 1.54) is 11.1 Å². The fourth-order valence-electron chi connectivity index (χ4n) is 5.79. The van der Waals surface area contributed by atoms with Gasteiger partial charge >= 0.3 is 5.97 Å². The first-order valence-electron chi connectivity index (χ1n) is 14.0. The summed E-state index contributed by atoms with van der Waals surface area (Å²) in [7, 11) is 1.89. The van der Waals surface area contributed by atoms with Gasteiger partial charge in [-0.1, -0.05) is 29.5 Å². The minimum atomic E-state index is -0.347. The lowest BCUT2D eigenvalue weighted by atomic mass is 9.84. The second kappa shape index (κ2) is 11.0. The molecule has 1 atom stereocenters. The van der Waals surface area contributed by atoms with Crippen molar-refractivity contribution in [1.82, 2.24) is 24.9 Å². The minimum absolute atomic E-state index is 0.165. The third-order valence-corrected chi connectivity index (χ3v) is 7.77. The van der Waals surface area contributed by atoms with E-state index in [0.29, 0.717) is 6.61 Å². The van der Waals surface area contributed by atoms with Gasteiger partial charge in [0.25, 0.3) is 0 Å². The minimum Gasteiger partial charge on any atom is -0.486 e. The van der Waals surface area contributed by atoms with Crippen LogP contribution in [0.15, 0.2) is 42.6 Å². The summed E-state index contributed by atoms with van der Waals surface area (Å²) in [6.45, 7) is 15.0. The molecule has 0 radical (unpaired) electrons. The molecule has 2 aromatic carbocycles. The van der Waals surface area contributed by atoms with Gasteiger partial charge in [0.05, 0.1) is 18.5 Å². The first-order chi connectivity index (χ1) is 19.0. The summed E-state index contributed by atoms with van der Waals surface area (Å²) in [4.78, 5) is 19.8. The Bertz CT molecular complexity index is 1560. The molecule has 0 spiro atoms. The van der Waals surface area contributed by atoms with Crippen LogP contribution in [-0.2, 0) is 29.7 Å². The highest BCUT2D eigenvalue weighted by atomic mass is 16.5. The lowest BCUT2D eigenvalue weighted by Crippen LogP contribution is -2.40. The van der Waals surface area contributed by atoms with Crippen molar-refractivity contribution in [3.63, 3.8) is 0 Å². The Kier molecular flexibility index (Phi) is 7.64. The van der Waals surface area contributed by atoms with Gasteiger partial charge in [-0.2, -0.15) is 0 Å². The molecule has 1 aliphatic rings. The molecule has 4 aromatic rings. The van der Waals surface area contributed by atoms with Crippen LogP contribution in [0, 0.1) is 20.8 Å². The van der Waals surface area contributed by atoms with Crippen molar-refractivity contribution < 1.29 is 14.3 Å². The van der Waals surface area contributed by atoms with Crippen LogP contribution < -0.4 is 4.74 Å². The van der Waals surface area contributed by atoms with Crippen LogP contribution in [0.5, 0.6) is 5.75 Å². The Balaban J connectivity index is 1.51. The van der Waals surface area contributed by atoms with E-state index in [2.05, 4.69) is 72.2 Å². The molecule has 1 aliphatic heterocycles. The highest BCUT2D eigenvalue weighted by Crippen LogP contribution is 2.35. The lowest BCUT2D eigenvalue weighted by molar-refractivity contribution is -0.143. The smallest absolute Gasteiger partial charge is 0.306 e. The summed E-state index contributed by atoms with van der Waals surface area (Å²) in [5.41, 5.74) is 9.15. The summed E-state index contributed by atoms with van der Waals surface area (Å²) in [5, 5.41) is 8.60. The zero-order valence-corrected chi connectivity index (χ0v) is 24.6. The number of aryl methyl sites for hydroxylation is 4. The van der Waals surface area contributed by atoms with E-state index in [0.717, 1.165) is 64.4 Å². The molecule has 0 bridgehead atoms. The molecule has 0 fully saturated rings. The Morgan fingerprint density at radius 2 is 1.95 bits per heavy atom. The molecule has 2 aromatic heterocycles. The first kappa shape index (κ1) is 27.8. The van der Waals surface area contributed by atoms with Crippen LogP contribution in [0.4, 0.5) is 0 Å². The molecule has 0 saturated heterocycles. The van der Waals surface area contributed by atoms with Crippen molar-refractivity contribution in [3.05, 3.63) is 81.7 Å². The van der Waals surface area contributed by atoms with Gasteiger partial charge in [-0.05, 0) is 75.4 Å². The standard InChI is InChI=1S/C32H39N5O3/c1-8-39-30(38)15-27(26-11-12-28-31(22(26)4)34-35-36(28)7)23-10-9-20(2)24(14-23)17-37-18-25-16-33-21(3)13-29(25)40-32(5,6)19-37/h9-14,16,27H,8,15,17-19H2,1-7H3. The third-order valence-electron chi connectivity index (χ3n) is 7.77. The molecule has 0 saturated carbocycles. The maximum Gasteiger partial charge on any atom is 0.306 e. The van der Waals surface area contributed by atoms with E-state index < -0.39 is 0 Å². The number of fused-ring (bicyclic) bond motifs is 2. The van der Waals surface area contributed by atoms with Crippen LogP contribution in [0.25, 0.3) is 11.0 Å². The largest absolute Gasteiger partial charge is 0.486 e. The number of benzene rings is 2. The maximum atomic E-state index is 12.8. The summed E-state index contributed by atoms with van der Waals surface area (Å²) >= 11 is 0. The van der Waals surface area contributed by atoms with Gasteiger partial charge in [-0.25, -0.2) is 4.68 Å². The van der Waals surface area contributed by atoms with Crippen molar-refractivity contribution in [2.75, 3.05) is 13.2 Å². The molecule has 8 nitrogen and oxygen atoms in total. The number of pyridine rings is 1. The fourth-order valence-corrected chi connectivity index (χ4v) is 5.79. The second-order valence-electron chi connectivity index (χ2n) is 11.5. The van der Waals surface area contributed by atoms with Crippen LogP contribution in [0.3, 0.4) is 0 Å². The summed E-state index contributed by atoms with van der Waals surface area (Å²) in [6.07, 6.45) is 2.19. The quantitative estimate of drug-likeness (QED) is 0.284. The molecule has 40 heavy (non-hydrogen) atoms. The van der Waals surface area contributed by atoms with E-state index in [9.17, 15) is 4.79 Å². The average Bonchev–Trinajstić information content (AvgIpc) is 3.21. The Labute approximate surface area is 236 Å². The highest BCUT2D eigenvalue weighted by Gasteiger charge is 2.30. The van der Waals surface area contributed by atoms with Crippen molar-refractivity contribution in [1.29, 1.82) is 0 Å². The zero-order chi connectivity index (χ0) is 28.6. The zero-order valence-electron chi connectivity index (χ0n) is 24.6. The van der Waals surface area contributed by atoms with E-state index in [1.807, 2.05) is 39.2 Å². The molecule has 8 heteroatoms. The molecule has 1 unspecified atom stereocenters. The van der Waals surface area contributed by atoms with Crippen molar-refractivity contribution in [3.8, 4) is 5.75 Å². The normalized spacial score (nSPS) is 15.8. The monoisotopic (exact) mass is 541 g/mol. The number of nitrogens with zero attached hydrogens (tertiary/aromatic N) is 5. The predicted molar refractivity (Wildman–Crippen MR) is 155 cm³/mol. The van der Waals surface area contributed by atoms with Gasteiger partial charge < -0.3 is 9.47 Å². The van der Waals surface area contributed by atoms with Gasteiger partial charge in [0.1, 0.15) is 16.9 Å². The van der Waals surface area contributed by atoms with E-state index >= 15 is 0 Å². The predicted octanol–water partition coefficient (Wildman–Crippen LogP) is 5.55. The number of rotatable bonds is 7. The molecule has 210 valence electrons. The maximum absolute atomic E-state index is 12.8. The van der Waals surface area contributed by atoms with Gasteiger partial charge in [0, 0.05) is 56.1 Å². The number of aromatic nitrogens is 4. The van der Waals surface area contributed by atoms with Crippen LogP contribution >= 0.6 is 0 Å². The van der Waals surface area contributed by atoms with Gasteiger partial charge in [0.15, 0.2) is 0 Å². The Morgan fingerprint density at radius 3 is 2.73 bits per heavy atom. The molecule has 3 heterocycles. The lowest BCUT2D eigenvalue weighted by Gasteiger charge is -2.30. The fraction of sp³-hybridized carbons (Fsp3) is 0.438. The molecule has 0 N–H and O–H groups in total. The summed E-state index contributed by atoms with van der Waals surface area (Å²) in [5.74, 6) is 0.538. The first-order valence-corrected chi connectivity index (χ1v) is 14.0. The topological polar surface area (TPSA) is 82.4 Å². The van der Waals surface area contributed by atoms with E-state index in [-0.39, 0.29) is 23.9 Å².